The number of anilines is 2. The van der Waals surface area contributed by atoms with Gasteiger partial charge in [-0.2, -0.15) is 0 Å². The Morgan fingerprint density at radius 1 is 1.08 bits per heavy atom. The maximum atomic E-state index is 5.68. The summed E-state index contributed by atoms with van der Waals surface area (Å²) in [6.07, 6.45) is 0. The van der Waals surface area contributed by atoms with Crippen molar-refractivity contribution in [3.05, 3.63) is 12.1 Å². The lowest BCUT2D eigenvalue weighted by molar-refractivity contribution is 0.400. The summed E-state index contributed by atoms with van der Waals surface area (Å²) in [6.45, 7) is 0. The van der Waals surface area contributed by atoms with Gasteiger partial charge in [-0.25, -0.2) is 0 Å². The molecule has 0 amide bonds. The van der Waals surface area contributed by atoms with E-state index in [1.807, 2.05) is 0 Å². The molecule has 0 heterocycles. The van der Waals surface area contributed by atoms with Crippen molar-refractivity contribution in [1.29, 1.82) is 0 Å². The molecule has 4 nitrogen and oxygen atoms in total. The number of ether oxygens (including phenoxy) is 2. The van der Waals surface area contributed by atoms with Gasteiger partial charge in [0.15, 0.2) is 5.75 Å². The Morgan fingerprint density at radius 3 is 2.25 bits per heavy atom. The van der Waals surface area contributed by atoms with E-state index in [0.717, 1.165) is 0 Å². The van der Waals surface area contributed by atoms with Crippen molar-refractivity contribution in [3.8, 4) is 11.5 Å². The Balaban J connectivity index is 3.24. The average molecular weight is 168 g/mol. The molecule has 1 rings (SSSR count). The molecule has 1 aromatic carbocycles. The lowest BCUT2D eigenvalue weighted by Crippen LogP contribution is -1.99. The van der Waals surface area contributed by atoms with Gasteiger partial charge in [-0.3, -0.25) is 0 Å². The van der Waals surface area contributed by atoms with Gasteiger partial charge in [-0.15, -0.1) is 0 Å². The van der Waals surface area contributed by atoms with Crippen LogP contribution in [0.15, 0.2) is 12.1 Å². The van der Waals surface area contributed by atoms with Crippen molar-refractivity contribution in [3.63, 3.8) is 0 Å². The van der Waals surface area contributed by atoms with Gasteiger partial charge in [0.2, 0.25) is 0 Å². The predicted molar refractivity (Wildman–Crippen MR) is 48.4 cm³/mol. The molecular weight excluding hydrogens is 156 g/mol. The second kappa shape index (κ2) is 3.21. The zero-order valence-electron chi connectivity index (χ0n) is 7.13. The van der Waals surface area contributed by atoms with Crippen LogP contribution in [0.5, 0.6) is 11.5 Å². The number of hydrogen-bond acceptors (Lipinski definition) is 4. The fraction of sp³-hybridized carbons (Fsp3) is 0.250. The fourth-order valence-corrected chi connectivity index (χ4v) is 1.00. The fourth-order valence-electron chi connectivity index (χ4n) is 1.00. The first-order valence-corrected chi connectivity index (χ1v) is 3.46. The Labute approximate surface area is 71.1 Å². The molecule has 0 bridgehead atoms. The van der Waals surface area contributed by atoms with E-state index in [4.69, 9.17) is 20.9 Å². The van der Waals surface area contributed by atoms with Crippen LogP contribution in [0, 0.1) is 0 Å². The maximum Gasteiger partial charge on any atom is 0.168 e. The molecule has 0 saturated carbocycles. The van der Waals surface area contributed by atoms with Crippen molar-refractivity contribution in [2.24, 2.45) is 0 Å². The third-order valence-electron chi connectivity index (χ3n) is 1.61. The van der Waals surface area contributed by atoms with Gasteiger partial charge in [0.25, 0.3) is 0 Å². The zero-order chi connectivity index (χ0) is 9.14. The highest BCUT2D eigenvalue weighted by Crippen LogP contribution is 2.35. The second-order valence-corrected chi connectivity index (χ2v) is 2.30. The molecule has 12 heavy (non-hydrogen) atoms. The first-order chi connectivity index (χ1) is 5.70. The monoisotopic (exact) mass is 168 g/mol. The van der Waals surface area contributed by atoms with E-state index in [-0.39, 0.29) is 0 Å². The first kappa shape index (κ1) is 8.52. The van der Waals surface area contributed by atoms with Crippen molar-refractivity contribution < 1.29 is 9.47 Å². The number of hydrogen-bond donors (Lipinski definition) is 2. The topological polar surface area (TPSA) is 70.5 Å². The molecule has 66 valence electrons. The standard InChI is InChI=1S/C8H12N2O2/c1-11-6-4-3-5(9)8(12-2)7(6)10/h3-4H,9-10H2,1-2H3. The minimum atomic E-state index is 0.431. The van der Waals surface area contributed by atoms with Gasteiger partial charge in [-0.1, -0.05) is 0 Å². The number of rotatable bonds is 2. The minimum absolute atomic E-state index is 0.431. The molecule has 0 aliphatic carbocycles. The van der Waals surface area contributed by atoms with Crippen LogP contribution >= 0.6 is 0 Å². The lowest BCUT2D eigenvalue weighted by atomic mass is 10.2. The Kier molecular flexibility index (Phi) is 2.28. The molecule has 4 heteroatoms. The van der Waals surface area contributed by atoms with Crippen LogP contribution in [0.25, 0.3) is 0 Å². The van der Waals surface area contributed by atoms with Gasteiger partial charge < -0.3 is 20.9 Å². The van der Waals surface area contributed by atoms with Gasteiger partial charge in [0.05, 0.1) is 19.9 Å². The summed E-state index contributed by atoms with van der Waals surface area (Å²) in [5, 5.41) is 0. The van der Waals surface area contributed by atoms with Crippen LogP contribution in [0.4, 0.5) is 11.4 Å². The van der Waals surface area contributed by atoms with E-state index in [1.54, 1.807) is 19.2 Å². The van der Waals surface area contributed by atoms with Gasteiger partial charge in [0.1, 0.15) is 11.4 Å². The van der Waals surface area contributed by atoms with Crippen molar-refractivity contribution in [1.82, 2.24) is 0 Å². The number of nitrogens with two attached hydrogens (primary N) is 2. The second-order valence-electron chi connectivity index (χ2n) is 2.30. The van der Waals surface area contributed by atoms with Gasteiger partial charge in [0, 0.05) is 0 Å². The van der Waals surface area contributed by atoms with E-state index < -0.39 is 0 Å². The summed E-state index contributed by atoms with van der Waals surface area (Å²) in [6, 6.07) is 3.39. The molecule has 0 spiro atoms. The highest BCUT2D eigenvalue weighted by molar-refractivity contribution is 5.73. The highest BCUT2D eigenvalue weighted by atomic mass is 16.5. The quantitative estimate of drug-likeness (QED) is 0.643. The molecule has 4 N–H and O–H groups in total. The summed E-state index contributed by atoms with van der Waals surface area (Å²) in [4.78, 5) is 0. The Morgan fingerprint density at radius 2 is 1.75 bits per heavy atom. The molecule has 0 atom stereocenters. The van der Waals surface area contributed by atoms with Crippen LogP contribution in [-0.2, 0) is 0 Å². The summed E-state index contributed by atoms with van der Waals surface area (Å²) >= 11 is 0. The van der Waals surface area contributed by atoms with Crippen LogP contribution in [0.2, 0.25) is 0 Å². The van der Waals surface area contributed by atoms with E-state index in [0.29, 0.717) is 22.9 Å². The number of nitrogen functional groups attached to an aromatic ring is 2. The normalized spacial score (nSPS) is 9.50. The number of benzene rings is 1. The van der Waals surface area contributed by atoms with Gasteiger partial charge >= 0.3 is 0 Å². The van der Waals surface area contributed by atoms with E-state index >= 15 is 0 Å². The number of methoxy groups -OCH3 is 2. The maximum absolute atomic E-state index is 5.68. The molecular formula is C8H12N2O2. The molecule has 0 radical (unpaired) electrons. The molecule has 0 fully saturated rings. The summed E-state index contributed by atoms with van der Waals surface area (Å²) in [5.41, 5.74) is 12.2. The van der Waals surface area contributed by atoms with Crippen molar-refractivity contribution >= 4 is 11.4 Å². The van der Waals surface area contributed by atoms with Gasteiger partial charge in [-0.05, 0) is 12.1 Å². The van der Waals surface area contributed by atoms with Crippen LogP contribution in [0.1, 0.15) is 0 Å². The van der Waals surface area contributed by atoms with Crippen molar-refractivity contribution in [2.75, 3.05) is 25.7 Å². The zero-order valence-corrected chi connectivity index (χ0v) is 7.13. The SMILES string of the molecule is COc1ccc(N)c(OC)c1N. The molecule has 0 unspecified atom stereocenters. The molecule has 0 aliphatic rings. The highest BCUT2D eigenvalue weighted by Gasteiger charge is 2.08. The first-order valence-electron chi connectivity index (χ1n) is 3.46. The van der Waals surface area contributed by atoms with E-state index in [9.17, 15) is 0 Å². The summed E-state index contributed by atoms with van der Waals surface area (Å²) in [5.74, 6) is 1.04. The molecule has 0 aromatic heterocycles. The van der Waals surface area contributed by atoms with Crippen LogP contribution in [-0.4, -0.2) is 14.2 Å². The van der Waals surface area contributed by atoms with Crippen LogP contribution < -0.4 is 20.9 Å². The smallest absolute Gasteiger partial charge is 0.168 e. The largest absolute Gasteiger partial charge is 0.494 e. The summed E-state index contributed by atoms with van der Waals surface area (Å²) < 4.78 is 9.97. The Hall–Kier alpha value is -1.58. The lowest BCUT2D eigenvalue weighted by Gasteiger charge is -2.10. The van der Waals surface area contributed by atoms with E-state index in [2.05, 4.69) is 0 Å². The van der Waals surface area contributed by atoms with Crippen molar-refractivity contribution in [2.45, 2.75) is 0 Å². The third-order valence-corrected chi connectivity index (χ3v) is 1.61. The predicted octanol–water partition coefficient (Wildman–Crippen LogP) is 0.868. The minimum Gasteiger partial charge on any atom is -0.494 e. The average Bonchev–Trinajstić information content (AvgIpc) is 2.06. The molecule has 1 aromatic rings. The summed E-state index contributed by atoms with van der Waals surface area (Å²) in [7, 11) is 3.06. The Bertz CT molecular complexity index is 287. The molecule has 0 aliphatic heterocycles. The molecule has 0 saturated heterocycles. The van der Waals surface area contributed by atoms with Crippen LogP contribution in [0.3, 0.4) is 0 Å². The third kappa shape index (κ3) is 1.23. The van der Waals surface area contributed by atoms with E-state index in [1.165, 1.54) is 7.11 Å².